The number of aromatic nitrogens is 2. The monoisotopic (exact) mass is 311 g/mol. The summed E-state index contributed by atoms with van der Waals surface area (Å²) in [6.45, 7) is 2.23. The van der Waals surface area contributed by atoms with Crippen LogP contribution in [0.25, 0.3) is 0 Å². The predicted molar refractivity (Wildman–Crippen MR) is 88.2 cm³/mol. The lowest BCUT2D eigenvalue weighted by Crippen LogP contribution is -2.21. The Morgan fingerprint density at radius 1 is 1.22 bits per heavy atom. The van der Waals surface area contributed by atoms with Crippen LogP contribution in [0.5, 0.6) is 0 Å². The van der Waals surface area contributed by atoms with Gasteiger partial charge in [-0.1, -0.05) is 24.3 Å². The van der Waals surface area contributed by atoms with Crippen molar-refractivity contribution >= 4 is 11.9 Å². The third kappa shape index (κ3) is 4.06. The number of carbonyl (C=O) groups is 1. The van der Waals surface area contributed by atoms with Crippen LogP contribution < -0.4 is 5.32 Å². The number of nitrogens with zero attached hydrogens (tertiary/aromatic N) is 2. The number of anilines is 1. The maximum atomic E-state index is 11.3. The van der Waals surface area contributed by atoms with Crippen molar-refractivity contribution in [2.45, 2.75) is 38.6 Å². The first-order valence-electron chi connectivity index (χ1n) is 8.04. The summed E-state index contributed by atoms with van der Waals surface area (Å²) in [5, 5.41) is 3.39. The summed E-state index contributed by atoms with van der Waals surface area (Å²) in [5.74, 6) is 0.459. The van der Waals surface area contributed by atoms with E-state index in [0.717, 1.165) is 18.4 Å². The number of hydrogen-bond acceptors (Lipinski definition) is 5. The number of benzene rings is 1. The number of fused-ring (bicyclic) bond motifs is 1. The van der Waals surface area contributed by atoms with E-state index in [1.807, 2.05) is 6.92 Å². The first-order valence-corrected chi connectivity index (χ1v) is 8.04. The molecule has 1 N–H and O–H groups in total. The number of aryl methyl sites for hydroxylation is 1. The second-order valence-corrected chi connectivity index (χ2v) is 5.74. The molecule has 0 spiro atoms. The molecule has 0 aliphatic heterocycles. The summed E-state index contributed by atoms with van der Waals surface area (Å²) >= 11 is 0. The van der Waals surface area contributed by atoms with Gasteiger partial charge >= 0.3 is 5.97 Å². The second kappa shape index (κ2) is 7.22. The molecule has 23 heavy (non-hydrogen) atoms. The summed E-state index contributed by atoms with van der Waals surface area (Å²) in [5.41, 5.74) is 3.74. The van der Waals surface area contributed by atoms with Gasteiger partial charge in [-0.25, -0.2) is 9.97 Å². The largest absolute Gasteiger partial charge is 0.466 e. The van der Waals surface area contributed by atoms with E-state index in [4.69, 9.17) is 4.74 Å². The van der Waals surface area contributed by atoms with Crippen LogP contribution in [0.4, 0.5) is 5.95 Å². The average Bonchev–Trinajstić information content (AvgIpc) is 2.97. The summed E-state index contributed by atoms with van der Waals surface area (Å²) in [6, 6.07) is 8.86. The first kappa shape index (κ1) is 15.5. The molecule has 1 aliphatic rings. The van der Waals surface area contributed by atoms with E-state index in [-0.39, 0.29) is 5.97 Å². The maximum absolute atomic E-state index is 11.3. The molecule has 1 aromatic heterocycles. The molecule has 120 valence electrons. The normalized spacial score (nSPS) is 13.6. The lowest BCUT2D eigenvalue weighted by Gasteiger charge is -2.11. The van der Waals surface area contributed by atoms with E-state index < -0.39 is 0 Å². The summed E-state index contributed by atoms with van der Waals surface area (Å²) in [7, 11) is 0. The van der Waals surface area contributed by atoms with Crippen LogP contribution >= 0.6 is 0 Å². The minimum absolute atomic E-state index is 0.182. The quantitative estimate of drug-likeness (QED) is 0.831. The molecule has 0 unspecified atom stereocenters. The fraction of sp³-hybridized carbons (Fsp3) is 0.389. The Hall–Kier alpha value is -2.43. The zero-order chi connectivity index (χ0) is 16.1. The van der Waals surface area contributed by atoms with E-state index in [1.54, 1.807) is 12.4 Å². The number of ether oxygens (including phenoxy) is 1. The number of hydrogen-bond donors (Lipinski definition) is 1. The van der Waals surface area contributed by atoms with Crippen molar-refractivity contribution < 1.29 is 9.53 Å². The number of nitrogens with one attached hydrogen (secondary N) is 1. The minimum Gasteiger partial charge on any atom is -0.466 e. The van der Waals surface area contributed by atoms with Crippen molar-refractivity contribution in [2.75, 3.05) is 11.9 Å². The Bertz CT molecular complexity index is 645. The molecular formula is C18H21N3O2. The highest BCUT2D eigenvalue weighted by molar-refractivity contribution is 5.69. The standard InChI is InChI=1S/C18H21N3O2/c1-2-23-17(22)8-7-13-11-19-18(20-12-13)21-16-9-14-5-3-4-6-15(14)10-16/h3-6,11-12,16H,2,7-10H2,1H3,(H,19,20,21). The van der Waals surface area contributed by atoms with Crippen molar-refractivity contribution in [3.8, 4) is 0 Å². The van der Waals surface area contributed by atoms with Gasteiger partial charge in [0.1, 0.15) is 0 Å². The third-order valence-electron chi connectivity index (χ3n) is 4.01. The second-order valence-electron chi connectivity index (χ2n) is 5.74. The van der Waals surface area contributed by atoms with Gasteiger partial charge in [-0.05, 0) is 42.9 Å². The van der Waals surface area contributed by atoms with Gasteiger partial charge in [-0.15, -0.1) is 0 Å². The molecule has 2 aromatic rings. The Labute approximate surface area is 136 Å². The predicted octanol–water partition coefficient (Wildman–Crippen LogP) is 2.55. The van der Waals surface area contributed by atoms with Gasteiger partial charge in [0.15, 0.2) is 0 Å². The Morgan fingerprint density at radius 3 is 2.48 bits per heavy atom. The SMILES string of the molecule is CCOC(=O)CCc1cnc(NC2Cc3ccccc3C2)nc1. The first-order chi connectivity index (χ1) is 11.2. The molecule has 0 atom stereocenters. The summed E-state index contributed by atoms with van der Waals surface area (Å²) < 4.78 is 4.91. The highest BCUT2D eigenvalue weighted by Gasteiger charge is 2.21. The zero-order valence-electron chi connectivity index (χ0n) is 13.3. The van der Waals surface area contributed by atoms with Crippen LogP contribution in [0.3, 0.4) is 0 Å². The molecule has 0 fully saturated rings. The molecule has 0 saturated carbocycles. The van der Waals surface area contributed by atoms with E-state index in [1.165, 1.54) is 11.1 Å². The van der Waals surface area contributed by atoms with Crippen LogP contribution in [0.2, 0.25) is 0 Å². The fourth-order valence-electron chi connectivity index (χ4n) is 2.88. The fourth-order valence-corrected chi connectivity index (χ4v) is 2.88. The van der Waals surface area contributed by atoms with Crippen LogP contribution in [0.15, 0.2) is 36.7 Å². The highest BCUT2D eigenvalue weighted by atomic mass is 16.5. The van der Waals surface area contributed by atoms with E-state index in [9.17, 15) is 4.79 Å². The molecule has 1 heterocycles. The number of rotatable bonds is 6. The van der Waals surface area contributed by atoms with Crippen LogP contribution in [-0.2, 0) is 28.8 Å². The van der Waals surface area contributed by atoms with Gasteiger partial charge in [0.05, 0.1) is 6.61 Å². The molecule has 0 amide bonds. The number of esters is 1. The molecule has 0 bridgehead atoms. The van der Waals surface area contributed by atoms with Crippen LogP contribution in [0, 0.1) is 0 Å². The molecular weight excluding hydrogens is 290 g/mol. The average molecular weight is 311 g/mol. The maximum Gasteiger partial charge on any atom is 0.306 e. The molecule has 0 saturated heterocycles. The molecule has 0 radical (unpaired) electrons. The van der Waals surface area contributed by atoms with E-state index in [2.05, 4.69) is 39.6 Å². The summed E-state index contributed by atoms with van der Waals surface area (Å²) in [6.07, 6.45) is 6.53. The van der Waals surface area contributed by atoms with Gasteiger partial charge in [0, 0.05) is 24.9 Å². The van der Waals surface area contributed by atoms with Crippen molar-refractivity contribution in [3.63, 3.8) is 0 Å². The molecule has 3 rings (SSSR count). The number of carbonyl (C=O) groups excluding carboxylic acids is 1. The molecule has 1 aliphatic carbocycles. The topological polar surface area (TPSA) is 64.1 Å². The van der Waals surface area contributed by atoms with Gasteiger partial charge < -0.3 is 10.1 Å². The molecule has 1 aromatic carbocycles. The minimum atomic E-state index is -0.182. The van der Waals surface area contributed by atoms with Gasteiger partial charge in [-0.3, -0.25) is 4.79 Å². The summed E-state index contributed by atoms with van der Waals surface area (Å²) in [4.78, 5) is 20.1. The van der Waals surface area contributed by atoms with Crippen LogP contribution in [0.1, 0.15) is 30.0 Å². The Balaban J connectivity index is 1.51. The smallest absolute Gasteiger partial charge is 0.306 e. The zero-order valence-corrected chi connectivity index (χ0v) is 13.3. The third-order valence-corrected chi connectivity index (χ3v) is 4.01. The van der Waals surface area contributed by atoms with Crippen LogP contribution in [-0.4, -0.2) is 28.6 Å². The Morgan fingerprint density at radius 2 is 1.87 bits per heavy atom. The lowest BCUT2D eigenvalue weighted by atomic mass is 10.1. The molecule has 5 heteroatoms. The van der Waals surface area contributed by atoms with Gasteiger partial charge in [0.2, 0.25) is 5.95 Å². The Kier molecular flexibility index (Phi) is 4.86. The van der Waals surface area contributed by atoms with Crippen molar-refractivity contribution in [3.05, 3.63) is 53.3 Å². The van der Waals surface area contributed by atoms with E-state index in [0.29, 0.717) is 31.4 Å². The van der Waals surface area contributed by atoms with Gasteiger partial charge in [-0.2, -0.15) is 0 Å². The van der Waals surface area contributed by atoms with Crippen molar-refractivity contribution in [1.82, 2.24) is 9.97 Å². The highest BCUT2D eigenvalue weighted by Crippen LogP contribution is 2.23. The van der Waals surface area contributed by atoms with E-state index >= 15 is 0 Å². The van der Waals surface area contributed by atoms with Crippen molar-refractivity contribution in [2.24, 2.45) is 0 Å². The molecule has 5 nitrogen and oxygen atoms in total. The van der Waals surface area contributed by atoms with Crippen molar-refractivity contribution in [1.29, 1.82) is 0 Å². The van der Waals surface area contributed by atoms with Gasteiger partial charge in [0.25, 0.3) is 0 Å². The lowest BCUT2D eigenvalue weighted by molar-refractivity contribution is -0.143.